The minimum absolute atomic E-state index is 0.0391. The normalized spacial score (nSPS) is 19.5. The van der Waals surface area contributed by atoms with Crippen molar-refractivity contribution in [1.82, 2.24) is 0 Å². The van der Waals surface area contributed by atoms with Gasteiger partial charge in [0.15, 0.2) is 0 Å². The van der Waals surface area contributed by atoms with Gasteiger partial charge in [-0.3, -0.25) is 9.59 Å². The zero-order chi connectivity index (χ0) is 12.4. The molecule has 1 heterocycles. The van der Waals surface area contributed by atoms with Gasteiger partial charge in [0.25, 0.3) is 0 Å². The van der Waals surface area contributed by atoms with Crippen molar-refractivity contribution in [3.63, 3.8) is 0 Å². The van der Waals surface area contributed by atoms with Crippen LogP contribution in [0.3, 0.4) is 0 Å². The zero-order valence-electron chi connectivity index (χ0n) is 9.35. The molecule has 1 aliphatic heterocycles. The van der Waals surface area contributed by atoms with Crippen molar-refractivity contribution < 1.29 is 14.3 Å². The van der Waals surface area contributed by atoms with Gasteiger partial charge in [0, 0.05) is 23.1 Å². The largest absolute Gasteiger partial charge is 0.469 e. The number of esters is 1. The van der Waals surface area contributed by atoms with Crippen molar-refractivity contribution in [3.05, 3.63) is 28.7 Å². The van der Waals surface area contributed by atoms with Gasteiger partial charge in [0.1, 0.15) is 0 Å². The Morgan fingerprint density at radius 3 is 2.65 bits per heavy atom. The Morgan fingerprint density at radius 2 is 2.06 bits per heavy atom. The SMILES string of the molecule is COC(=O)[C@H]1CC(=O)N(c2ccc(Br)cc2)C1. The Kier molecular flexibility index (Phi) is 3.47. The summed E-state index contributed by atoms with van der Waals surface area (Å²) >= 11 is 3.34. The molecule has 5 heteroatoms. The molecule has 2 rings (SSSR count). The summed E-state index contributed by atoms with van der Waals surface area (Å²) in [6.45, 7) is 0.396. The van der Waals surface area contributed by atoms with Crippen LogP contribution in [-0.4, -0.2) is 25.5 Å². The minimum atomic E-state index is -0.351. The molecule has 1 saturated heterocycles. The van der Waals surface area contributed by atoms with Crippen LogP contribution in [0.15, 0.2) is 28.7 Å². The third kappa shape index (κ3) is 2.49. The Labute approximate surface area is 108 Å². The third-order valence-corrected chi connectivity index (χ3v) is 3.33. The highest BCUT2D eigenvalue weighted by Gasteiger charge is 2.35. The maximum atomic E-state index is 11.8. The smallest absolute Gasteiger partial charge is 0.311 e. The first-order valence-electron chi connectivity index (χ1n) is 5.25. The summed E-state index contributed by atoms with van der Waals surface area (Å²) in [6, 6.07) is 7.44. The van der Waals surface area contributed by atoms with E-state index in [1.165, 1.54) is 7.11 Å². The Morgan fingerprint density at radius 1 is 1.41 bits per heavy atom. The summed E-state index contributed by atoms with van der Waals surface area (Å²) in [5.74, 6) is -0.711. The second-order valence-corrected chi connectivity index (χ2v) is 4.82. The summed E-state index contributed by atoms with van der Waals surface area (Å²) in [7, 11) is 1.34. The number of ether oxygens (including phenoxy) is 1. The summed E-state index contributed by atoms with van der Waals surface area (Å²) < 4.78 is 5.62. The maximum Gasteiger partial charge on any atom is 0.311 e. The number of halogens is 1. The van der Waals surface area contributed by atoms with Crippen molar-refractivity contribution >= 4 is 33.5 Å². The molecular formula is C12H12BrNO3. The van der Waals surface area contributed by atoms with E-state index in [2.05, 4.69) is 20.7 Å². The molecule has 90 valence electrons. The van der Waals surface area contributed by atoms with E-state index in [-0.39, 0.29) is 24.2 Å². The Bertz CT molecular complexity index is 444. The fourth-order valence-electron chi connectivity index (χ4n) is 1.90. The standard InChI is InChI=1S/C12H12BrNO3/c1-17-12(16)8-6-11(15)14(7-8)10-4-2-9(13)3-5-10/h2-5,8H,6-7H2,1H3/t8-/m0/s1. The molecule has 0 unspecified atom stereocenters. The maximum absolute atomic E-state index is 11.8. The number of anilines is 1. The van der Waals surface area contributed by atoms with Gasteiger partial charge in [-0.05, 0) is 24.3 Å². The number of benzene rings is 1. The van der Waals surface area contributed by atoms with E-state index in [9.17, 15) is 9.59 Å². The van der Waals surface area contributed by atoms with Crippen LogP contribution < -0.4 is 4.90 Å². The molecule has 0 N–H and O–H groups in total. The first-order chi connectivity index (χ1) is 8.11. The van der Waals surface area contributed by atoms with Crippen LogP contribution in [0.1, 0.15) is 6.42 Å². The molecule has 1 fully saturated rings. The Hall–Kier alpha value is -1.36. The lowest BCUT2D eigenvalue weighted by molar-refractivity contribution is -0.145. The van der Waals surface area contributed by atoms with Crippen molar-refractivity contribution in [2.45, 2.75) is 6.42 Å². The van der Waals surface area contributed by atoms with Crippen molar-refractivity contribution in [2.75, 3.05) is 18.6 Å². The molecule has 0 aromatic heterocycles. The number of hydrogen-bond acceptors (Lipinski definition) is 3. The Balaban J connectivity index is 2.15. The molecule has 0 saturated carbocycles. The monoisotopic (exact) mass is 297 g/mol. The van der Waals surface area contributed by atoms with E-state index in [0.29, 0.717) is 6.54 Å². The summed E-state index contributed by atoms with van der Waals surface area (Å²) in [5, 5.41) is 0. The molecule has 17 heavy (non-hydrogen) atoms. The number of carbonyl (C=O) groups excluding carboxylic acids is 2. The molecule has 1 aliphatic rings. The van der Waals surface area contributed by atoms with Crippen LogP contribution in [0.5, 0.6) is 0 Å². The van der Waals surface area contributed by atoms with E-state index in [1.807, 2.05) is 24.3 Å². The molecule has 1 atom stereocenters. The molecule has 1 aromatic rings. The lowest BCUT2D eigenvalue weighted by Gasteiger charge is -2.16. The van der Waals surface area contributed by atoms with Crippen LogP contribution in [-0.2, 0) is 14.3 Å². The van der Waals surface area contributed by atoms with Crippen LogP contribution in [0.2, 0.25) is 0 Å². The molecular weight excluding hydrogens is 286 g/mol. The van der Waals surface area contributed by atoms with Crippen molar-refractivity contribution in [1.29, 1.82) is 0 Å². The highest BCUT2D eigenvalue weighted by molar-refractivity contribution is 9.10. The van der Waals surface area contributed by atoms with Gasteiger partial charge in [-0.2, -0.15) is 0 Å². The third-order valence-electron chi connectivity index (χ3n) is 2.80. The summed E-state index contributed by atoms with van der Waals surface area (Å²) in [4.78, 5) is 24.8. The number of hydrogen-bond donors (Lipinski definition) is 0. The van der Waals surface area contributed by atoms with E-state index in [0.717, 1.165) is 10.2 Å². The van der Waals surface area contributed by atoms with E-state index >= 15 is 0 Å². The second kappa shape index (κ2) is 4.87. The van der Waals surface area contributed by atoms with Gasteiger partial charge in [-0.15, -0.1) is 0 Å². The van der Waals surface area contributed by atoms with Crippen LogP contribution >= 0.6 is 15.9 Å². The molecule has 0 aliphatic carbocycles. The van der Waals surface area contributed by atoms with Gasteiger partial charge in [0.2, 0.25) is 5.91 Å². The average molecular weight is 298 g/mol. The molecule has 0 spiro atoms. The fraction of sp³-hybridized carbons (Fsp3) is 0.333. The number of amides is 1. The summed E-state index contributed by atoms with van der Waals surface area (Å²) in [5.41, 5.74) is 0.810. The average Bonchev–Trinajstić information content (AvgIpc) is 2.71. The quantitative estimate of drug-likeness (QED) is 0.784. The van der Waals surface area contributed by atoms with Gasteiger partial charge in [0.05, 0.1) is 13.0 Å². The molecule has 1 amide bonds. The van der Waals surface area contributed by atoms with Crippen LogP contribution in [0.25, 0.3) is 0 Å². The van der Waals surface area contributed by atoms with Crippen LogP contribution in [0, 0.1) is 5.92 Å². The second-order valence-electron chi connectivity index (χ2n) is 3.90. The lowest BCUT2D eigenvalue weighted by atomic mass is 10.1. The van der Waals surface area contributed by atoms with Gasteiger partial charge in [-0.1, -0.05) is 15.9 Å². The highest BCUT2D eigenvalue weighted by atomic mass is 79.9. The molecule has 0 bridgehead atoms. The zero-order valence-corrected chi connectivity index (χ0v) is 10.9. The molecule has 0 radical (unpaired) electrons. The lowest BCUT2D eigenvalue weighted by Crippen LogP contribution is -2.26. The predicted octanol–water partition coefficient (Wildman–Crippen LogP) is 1.97. The van der Waals surface area contributed by atoms with Crippen molar-refractivity contribution in [3.8, 4) is 0 Å². The summed E-state index contributed by atoms with van der Waals surface area (Å²) in [6.07, 6.45) is 0.225. The predicted molar refractivity (Wildman–Crippen MR) is 66.6 cm³/mol. The molecule has 1 aromatic carbocycles. The van der Waals surface area contributed by atoms with Gasteiger partial charge >= 0.3 is 5.97 Å². The topological polar surface area (TPSA) is 46.6 Å². The molecule has 4 nitrogen and oxygen atoms in total. The van der Waals surface area contributed by atoms with Crippen LogP contribution in [0.4, 0.5) is 5.69 Å². The number of rotatable bonds is 2. The number of nitrogens with zero attached hydrogens (tertiary/aromatic N) is 1. The first kappa shape index (κ1) is 12.1. The van der Waals surface area contributed by atoms with E-state index in [4.69, 9.17) is 0 Å². The minimum Gasteiger partial charge on any atom is -0.469 e. The van der Waals surface area contributed by atoms with Gasteiger partial charge in [-0.25, -0.2) is 0 Å². The van der Waals surface area contributed by atoms with E-state index < -0.39 is 0 Å². The fourth-order valence-corrected chi connectivity index (χ4v) is 2.17. The van der Waals surface area contributed by atoms with Gasteiger partial charge < -0.3 is 9.64 Å². The van der Waals surface area contributed by atoms with Crippen molar-refractivity contribution in [2.24, 2.45) is 5.92 Å². The number of carbonyl (C=O) groups is 2. The van der Waals surface area contributed by atoms with E-state index in [1.54, 1.807) is 4.90 Å². The highest BCUT2D eigenvalue weighted by Crippen LogP contribution is 2.26. The first-order valence-corrected chi connectivity index (χ1v) is 6.05. The number of methoxy groups -OCH3 is 1.